The largest absolute Gasteiger partial charge is 0.465 e. The Labute approximate surface area is 253 Å². The van der Waals surface area contributed by atoms with E-state index in [1.165, 1.54) is 43.4 Å². The Bertz CT molecular complexity index is 734. The second-order valence-electron chi connectivity index (χ2n) is 11.2. The third-order valence-corrected chi connectivity index (χ3v) is 7.29. The van der Waals surface area contributed by atoms with Crippen LogP contribution in [0.3, 0.4) is 0 Å². The third-order valence-electron chi connectivity index (χ3n) is 7.29. The summed E-state index contributed by atoms with van der Waals surface area (Å²) < 4.78 is 21.4. The van der Waals surface area contributed by atoms with E-state index in [4.69, 9.17) is 18.9 Å². The Morgan fingerprint density at radius 2 is 1.17 bits per heavy atom. The van der Waals surface area contributed by atoms with Gasteiger partial charge in [0.05, 0.1) is 38.9 Å². The van der Waals surface area contributed by atoms with Crippen molar-refractivity contribution in [2.75, 3.05) is 59.7 Å². The quantitative estimate of drug-likeness (QED) is 0.0914. The van der Waals surface area contributed by atoms with Crippen molar-refractivity contribution in [1.82, 2.24) is 15.1 Å². The molecule has 1 amide bonds. The highest BCUT2D eigenvalue weighted by Gasteiger charge is 2.40. The topological polar surface area (TPSA) is 124 Å². The number of carbonyl (C=O) groups excluding carboxylic acids is 4. The first-order chi connectivity index (χ1) is 20.3. The summed E-state index contributed by atoms with van der Waals surface area (Å²) in [5.41, 5.74) is 0. The number of nitrogens with zero attached hydrogens (tertiary/aromatic N) is 2. The highest BCUT2D eigenvalue weighted by molar-refractivity contribution is 5.78. The lowest BCUT2D eigenvalue weighted by Crippen LogP contribution is -2.59. The molecule has 2 atom stereocenters. The van der Waals surface area contributed by atoms with E-state index < -0.39 is 24.0 Å². The van der Waals surface area contributed by atoms with Gasteiger partial charge in [0.2, 0.25) is 0 Å². The molecule has 11 nitrogen and oxygen atoms in total. The smallest absolute Gasteiger partial charge is 0.410 e. The van der Waals surface area contributed by atoms with Crippen LogP contribution in [0, 0.1) is 0 Å². The molecule has 0 aromatic carbocycles. The fraction of sp³-hybridized carbons (Fsp3) is 0.871. The zero-order valence-corrected chi connectivity index (χ0v) is 26.7. The summed E-state index contributed by atoms with van der Waals surface area (Å²) in [6.07, 6.45) is 13.1. The number of ether oxygens (including phenoxy) is 4. The maximum atomic E-state index is 12.7. The van der Waals surface area contributed by atoms with Gasteiger partial charge in [0.1, 0.15) is 13.2 Å². The Hall–Kier alpha value is -2.40. The van der Waals surface area contributed by atoms with Gasteiger partial charge in [-0.1, -0.05) is 78.1 Å². The van der Waals surface area contributed by atoms with Crippen molar-refractivity contribution >= 4 is 24.0 Å². The predicted molar refractivity (Wildman–Crippen MR) is 161 cm³/mol. The molecule has 1 heterocycles. The summed E-state index contributed by atoms with van der Waals surface area (Å²) in [6.45, 7) is 6.97. The molecule has 1 fully saturated rings. The fourth-order valence-electron chi connectivity index (χ4n) is 4.81. The van der Waals surface area contributed by atoms with Crippen LogP contribution in [0.5, 0.6) is 0 Å². The molecular weight excluding hydrogens is 542 g/mol. The van der Waals surface area contributed by atoms with E-state index in [1.807, 2.05) is 6.92 Å². The number of unbranched alkanes of at least 4 members (excludes halogenated alkanes) is 10. The molecule has 0 bridgehead atoms. The van der Waals surface area contributed by atoms with E-state index in [0.717, 1.165) is 38.5 Å². The summed E-state index contributed by atoms with van der Waals surface area (Å²) in [5, 5.41) is 2.92. The maximum absolute atomic E-state index is 12.7. The Kier molecular flexibility index (Phi) is 21.6. The number of nitrogens with one attached hydrogen (secondary N) is 1. The van der Waals surface area contributed by atoms with Crippen LogP contribution < -0.4 is 5.32 Å². The minimum Gasteiger partial charge on any atom is -0.465 e. The number of carbonyl (C=O) groups is 4. The molecule has 0 saturated carbocycles. The van der Waals surface area contributed by atoms with Crippen LogP contribution in [0.1, 0.15) is 104 Å². The number of amides is 1. The summed E-state index contributed by atoms with van der Waals surface area (Å²) in [5.74, 6) is -1.59. The van der Waals surface area contributed by atoms with Crippen molar-refractivity contribution in [2.45, 2.75) is 116 Å². The monoisotopic (exact) mass is 599 g/mol. The van der Waals surface area contributed by atoms with Crippen molar-refractivity contribution in [3.05, 3.63) is 0 Å². The van der Waals surface area contributed by atoms with Crippen molar-refractivity contribution in [3.8, 4) is 0 Å². The van der Waals surface area contributed by atoms with Crippen molar-refractivity contribution in [3.63, 3.8) is 0 Å². The second kappa shape index (κ2) is 24.1. The maximum Gasteiger partial charge on any atom is 0.410 e. The SMILES string of the molecule is CCCCCCCCOC(=O)CN(CC(=O)OCCCCCCCC)CC(=O)OCC1CC(C)N1C(=O)OCCNC. The molecule has 42 heavy (non-hydrogen) atoms. The molecule has 2 unspecified atom stereocenters. The van der Waals surface area contributed by atoms with Gasteiger partial charge in [-0.3, -0.25) is 24.2 Å². The highest BCUT2D eigenvalue weighted by Crippen LogP contribution is 2.26. The second-order valence-corrected chi connectivity index (χ2v) is 11.2. The van der Waals surface area contributed by atoms with E-state index in [9.17, 15) is 19.2 Å². The Balaban J connectivity index is 2.53. The van der Waals surface area contributed by atoms with Gasteiger partial charge in [0.15, 0.2) is 0 Å². The van der Waals surface area contributed by atoms with Gasteiger partial charge in [-0.05, 0) is 33.2 Å². The van der Waals surface area contributed by atoms with Crippen LogP contribution in [0.25, 0.3) is 0 Å². The number of likely N-dealkylation sites (N-methyl/N-ethyl adjacent to an activating group) is 1. The predicted octanol–water partition coefficient (Wildman–Crippen LogP) is 4.46. The van der Waals surface area contributed by atoms with Gasteiger partial charge in [-0.25, -0.2) is 4.79 Å². The van der Waals surface area contributed by atoms with Crippen molar-refractivity contribution in [2.24, 2.45) is 0 Å². The molecule has 0 aliphatic carbocycles. The molecule has 0 radical (unpaired) electrons. The van der Waals surface area contributed by atoms with E-state index in [-0.39, 0.29) is 44.9 Å². The van der Waals surface area contributed by atoms with Gasteiger partial charge >= 0.3 is 24.0 Å². The molecule has 1 aliphatic heterocycles. The number of hydrogen-bond acceptors (Lipinski definition) is 10. The van der Waals surface area contributed by atoms with Crippen LogP contribution in [0.15, 0.2) is 0 Å². The molecule has 0 aromatic rings. The van der Waals surface area contributed by atoms with E-state index in [1.54, 1.807) is 11.9 Å². The van der Waals surface area contributed by atoms with Crippen LogP contribution in [0.2, 0.25) is 0 Å². The first-order valence-electron chi connectivity index (χ1n) is 16.1. The third kappa shape index (κ3) is 17.5. The van der Waals surface area contributed by atoms with Gasteiger partial charge in [-0.2, -0.15) is 0 Å². The lowest BCUT2D eigenvalue weighted by Gasteiger charge is -2.45. The standard InChI is InChI=1S/C31H57N3O8/c1-5-7-9-11-13-15-18-39-28(35)22-33(23-29(36)40-19-16-14-12-10-8-6-2)24-30(37)42-25-27-21-26(3)34(27)31(38)41-20-17-32-4/h26-27,32H,5-25H2,1-4H3. The lowest BCUT2D eigenvalue weighted by atomic mass is 9.96. The molecule has 0 spiro atoms. The first-order valence-corrected chi connectivity index (χ1v) is 16.1. The van der Waals surface area contributed by atoms with E-state index >= 15 is 0 Å². The average molecular weight is 600 g/mol. The molecule has 1 N–H and O–H groups in total. The number of likely N-dealkylation sites (tertiary alicyclic amines) is 1. The number of hydrogen-bond donors (Lipinski definition) is 1. The number of rotatable bonds is 25. The molecule has 244 valence electrons. The van der Waals surface area contributed by atoms with Gasteiger partial charge < -0.3 is 24.3 Å². The summed E-state index contributed by atoms with van der Waals surface area (Å²) in [4.78, 5) is 53.0. The molecule has 11 heteroatoms. The summed E-state index contributed by atoms with van der Waals surface area (Å²) >= 11 is 0. The summed E-state index contributed by atoms with van der Waals surface area (Å²) in [6, 6.07) is -0.279. The van der Waals surface area contributed by atoms with Crippen LogP contribution in [-0.2, 0) is 33.3 Å². The first kappa shape index (κ1) is 37.6. The Morgan fingerprint density at radius 1 is 0.690 bits per heavy atom. The average Bonchev–Trinajstić information content (AvgIpc) is 2.94. The lowest BCUT2D eigenvalue weighted by molar-refractivity contribution is -0.153. The van der Waals surface area contributed by atoms with E-state index in [0.29, 0.717) is 26.2 Å². The van der Waals surface area contributed by atoms with E-state index in [2.05, 4.69) is 19.2 Å². The molecular formula is C31H57N3O8. The van der Waals surface area contributed by atoms with Gasteiger partial charge in [0.25, 0.3) is 0 Å². The normalized spacial score (nSPS) is 16.2. The van der Waals surface area contributed by atoms with Crippen LogP contribution in [0.4, 0.5) is 4.79 Å². The summed E-state index contributed by atoms with van der Waals surface area (Å²) in [7, 11) is 1.77. The van der Waals surface area contributed by atoms with Gasteiger partial charge in [0, 0.05) is 12.6 Å². The Morgan fingerprint density at radius 3 is 1.64 bits per heavy atom. The minimum atomic E-state index is -0.592. The van der Waals surface area contributed by atoms with Crippen molar-refractivity contribution in [1.29, 1.82) is 0 Å². The minimum absolute atomic E-state index is 0.00452. The molecule has 1 saturated heterocycles. The molecule has 0 aromatic heterocycles. The molecule has 1 aliphatic rings. The molecule has 1 rings (SSSR count). The fourth-order valence-corrected chi connectivity index (χ4v) is 4.81. The highest BCUT2D eigenvalue weighted by atomic mass is 16.6. The van der Waals surface area contributed by atoms with Crippen molar-refractivity contribution < 1.29 is 38.1 Å². The zero-order valence-electron chi connectivity index (χ0n) is 26.7. The van der Waals surface area contributed by atoms with Gasteiger partial charge in [-0.15, -0.1) is 0 Å². The van der Waals surface area contributed by atoms with Crippen LogP contribution >= 0.6 is 0 Å². The zero-order chi connectivity index (χ0) is 31.0. The number of esters is 3. The van der Waals surface area contributed by atoms with Crippen LogP contribution in [-0.4, -0.2) is 106 Å².